The monoisotopic (exact) mass is 574 g/mol. The van der Waals surface area contributed by atoms with Gasteiger partial charge in [0.2, 0.25) is 5.91 Å². The number of aromatic nitrogens is 1. The van der Waals surface area contributed by atoms with Crippen LogP contribution in [0, 0.1) is 0 Å². The van der Waals surface area contributed by atoms with Gasteiger partial charge in [0, 0.05) is 41.4 Å². The normalized spacial score (nSPS) is 15.2. The zero-order valence-electron chi connectivity index (χ0n) is 21.6. The van der Waals surface area contributed by atoms with Crippen molar-refractivity contribution in [2.75, 3.05) is 23.3 Å². The summed E-state index contributed by atoms with van der Waals surface area (Å²) in [7, 11) is 0. The molecule has 1 aromatic heterocycles. The third-order valence-electron chi connectivity index (χ3n) is 7.20. The second-order valence-corrected chi connectivity index (χ2v) is 10.6. The van der Waals surface area contributed by atoms with Crippen LogP contribution in [0.2, 0.25) is 10.0 Å². The van der Waals surface area contributed by atoms with E-state index in [0.29, 0.717) is 22.2 Å². The Kier molecular flexibility index (Phi) is 8.24. The minimum Gasteiger partial charge on any atom is -0.478 e. The molecule has 204 valence electrons. The number of amides is 1. The maximum atomic E-state index is 11.6. The van der Waals surface area contributed by atoms with E-state index in [1.165, 1.54) is 5.56 Å². The van der Waals surface area contributed by atoms with E-state index >= 15 is 0 Å². The number of anilines is 2. The molecule has 1 aliphatic heterocycles. The number of nitrogens with zero attached hydrogens (tertiary/aromatic N) is 2. The van der Waals surface area contributed by atoms with Gasteiger partial charge in [0.1, 0.15) is 5.82 Å². The average molecular weight is 575 g/mol. The van der Waals surface area contributed by atoms with Crippen molar-refractivity contribution in [2.45, 2.75) is 25.3 Å². The zero-order chi connectivity index (χ0) is 28.2. The van der Waals surface area contributed by atoms with Crippen molar-refractivity contribution in [1.29, 1.82) is 0 Å². The number of aromatic carboxylic acids is 1. The Balaban J connectivity index is 0.000000223. The molecule has 1 aliphatic carbocycles. The first-order valence-corrected chi connectivity index (χ1v) is 13.7. The number of aryl methyl sites for hydroxylation is 1. The van der Waals surface area contributed by atoms with Crippen LogP contribution in [-0.4, -0.2) is 35.1 Å². The smallest absolute Gasteiger partial charge is 0.336 e. The Labute approximate surface area is 242 Å². The van der Waals surface area contributed by atoms with E-state index in [9.17, 15) is 14.7 Å². The molecule has 4 N–H and O–H groups in total. The highest BCUT2D eigenvalue weighted by molar-refractivity contribution is 6.33. The predicted molar refractivity (Wildman–Crippen MR) is 159 cm³/mol. The second-order valence-electron chi connectivity index (χ2n) is 9.72. The van der Waals surface area contributed by atoms with Gasteiger partial charge >= 0.3 is 5.97 Å². The molecule has 1 atom stereocenters. The highest BCUT2D eigenvalue weighted by atomic mass is 35.5. The molecule has 0 spiro atoms. The molecule has 7 nitrogen and oxygen atoms in total. The number of pyridine rings is 1. The fourth-order valence-electron chi connectivity index (χ4n) is 5.22. The van der Waals surface area contributed by atoms with E-state index < -0.39 is 5.97 Å². The van der Waals surface area contributed by atoms with Gasteiger partial charge in [-0.15, -0.1) is 0 Å². The van der Waals surface area contributed by atoms with Crippen molar-refractivity contribution in [3.8, 4) is 11.1 Å². The number of primary amides is 1. The third-order valence-corrected chi connectivity index (χ3v) is 7.80. The van der Waals surface area contributed by atoms with Crippen molar-refractivity contribution in [1.82, 2.24) is 4.98 Å². The number of halogens is 2. The summed E-state index contributed by atoms with van der Waals surface area (Å²) in [5.41, 5.74) is 11.1. The molecule has 1 unspecified atom stereocenters. The highest BCUT2D eigenvalue weighted by Gasteiger charge is 2.26. The fourth-order valence-corrected chi connectivity index (χ4v) is 5.59. The van der Waals surface area contributed by atoms with Crippen LogP contribution in [0.25, 0.3) is 11.1 Å². The number of carbonyl (C=O) groups is 2. The van der Waals surface area contributed by atoms with E-state index in [-0.39, 0.29) is 17.4 Å². The molecule has 3 aromatic carbocycles. The average Bonchev–Trinajstić information content (AvgIpc) is 3.40. The lowest BCUT2D eigenvalue weighted by molar-refractivity contribution is -0.119. The van der Waals surface area contributed by atoms with Gasteiger partial charge in [-0.3, -0.25) is 4.79 Å². The van der Waals surface area contributed by atoms with Crippen LogP contribution in [0.5, 0.6) is 0 Å². The summed E-state index contributed by atoms with van der Waals surface area (Å²) < 4.78 is 0. The first-order chi connectivity index (χ1) is 19.3. The Morgan fingerprint density at radius 3 is 2.62 bits per heavy atom. The van der Waals surface area contributed by atoms with Crippen molar-refractivity contribution in [3.63, 3.8) is 0 Å². The molecule has 1 amide bonds. The first-order valence-electron chi connectivity index (χ1n) is 12.9. The summed E-state index contributed by atoms with van der Waals surface area (Å²) in [6, 6.07) is 22.3. The molecule has 6 rings (SSSR count). The molecular formula is C31H28Cl2N4O3. The van der Waals surface area contributed by atoms with E-state index in [0.717, 1.165) is 54.1 Å². The van der Waals surface area contributed by atoms with Gasteiger partial charge < -0.3 is 21.1 Å². The lowest BCUT2D eigenvalue weighted by Crippen LogP contribution is -2.34. The lowest BCUT2D eigenvalue weighted by atomic mass is 10.0. The number of carboxylic acids is 1. The van der Waals surface area contributed by atoms with Crippen LogP contribution in [0.4, 0.5) is 11.5 Å². The molecule has 4 aromatic rings. The van der Waals surface area contributed by atoms with Gasteiger partial charge in [0.05, 0.1) is 17.2 Å². The number of carbonyl (C=O) groups excluding carboxylic acids is 1. The molecule has 2 heterocycles. The van der Waals surface area contributed by atoms with Gasteiger partial charge in [0.25, 0.3) is 0 Å². The molecule has 0 fully saturated rings. The van der Waals surface area contributed by atoms with Gasteiger partial charge in [-0.1, -0.05) is 65.7 Å². The lowest BCUT2D eigenvalue weighted by Gasteiger charge is -2.32. The number of hydrogen-bond donors (Lipinski definition) is 3. The molecule has 9 heteroatoms. The first kappa shape index (κ1) is 27.5. The Hall–Kier alpha value is -4.07. The van der Waals surface area contributed by atoms with Gasteiger partial charge in [0.15, 0.2) is 0 Å². The minimum absolute atomic E-state index is 0.0406. The summed E-state index contributed by atoms with van der Waals surface area (Å²) in [5.74, 6) is -0.434. The van der Waals surface area contributed by atoms with Crippen molar-refractivity contribution < 1.29 is 14.7 Å². The topological polar surface area (TPSA) is 109 Å². The van der Waals surface area contributed by atoms with Gasteiger partial charge in [-0.25, -0.2) is 9.78 Å². The maximum absolute atomic E-state index is 11.6. The number of nitrogens with two attached hydrogens (primary N) is 1. The molecule has 0 saturated carbocycles. The summed E-state index contributed by atoms with van der Waals surface area (Å²) in [4.78, 5) is 29.3. The number of nitrogens with one attached hydrogen (secondary N) is 1. The Bertz CT molecular complexity index is 1580. The zero-order valence-corrected chi connectivity index (χ0v) is 23.1. The van der Waals surface area contributed by atoms with Crippen molar-refractivity contribution in [2.24, 2.45) is 5.73 Å². The molecule has 0 radical (unpaired) electrons. The summed E-state index contributed by atoms with van der Waals surface area (Å²) in [6.07, 6.45) is 3.57. The maximum Gasteiger partial charge on any atom is 0.336 e. The molecule has 0 bridgehead atoms. The van der Waals surface area contributed by atoms with E-state index in [4.69, 9.17) is 28.9 Å². The van der Waals surface area contributed by atoms with Crippen LogP contribution < -0.4 is 16.0 Å². The number of hydrogen-bond acceptors (Lipinski definition) is 5. The molecule has 0 saturated heterocycles. The largest absolute Gasteiger partial charge is 0.478 e. The second kappa shape index (κ2) is 12.0. The van der Waals surface area contributed by atoms with Crippen LogP contribution in [0.1, 0.15) is 39.4 Å². The standard InChI is InChI=1S/C21H17Cl2N3O2.C10H11NO/c22-15-5-6-18(23)14(9-15)12-26-8-7-24-20-19(26)10-13(11-25-20)16-3-1-2-4-17(16)21(27)28;11-10(12)9-6-5-7-3-1-2-4-8(7)9/h1-6,9-11H,7-8,12H2,(H,24,25)(H,27,28);1-4,9H,5-6H2,(H2,11,12). The SMILES string of the molecule is NC(=O)C1CCc2ccccc21.O=C(O)c1ccccc1-c1cnc2c(c1)N(Cc1cc(Cl)ccc1Cl)CCN2. The predicted octanol–water partition coefficient (Wildman–Crippen LogP) is 6.39. The summed E-state index contributed by atoms with van der Waals surface area (Å²) in [5, 5.41) is 14.1. The van der Waals surface area contributed by atoms with Gasteiger partial charge in [-0.2, -0.15) is 0 Å². The van der Waals surface area contributed by atoms with Crippen molar-refractivity contribution >= 4 is 46.6 Å². The van der Waals surface area contributed by atoms with Crippen molar-refractivity contribution in [3.05, 3.63) is 111 Å². The number of rotatable bonds is 5. The Morgan fingerprint density at radius 2 is 1.82 bits per heavy atom. The van der Waals surface area contributed by atoms with E-state index in [1.807, 2.05) is 36.4 Å². The quantitative estimate of drug-likeness (QED) is 0.255. The van der Waals surface area contributed by atoms with E-state index in [1.54, 1.807) is 36.5 Å². The molecule has 40 heavy (non-hydrogen) atoms. The highest BCUT2D eigenvalue weighted by Crippen LogP contribution is 2.35. The van der Waals surface area contributed by atoms with E-state index in [2.05, 4.69) is 21.3 Å². The minimum atomic E-state index is -0.964. The van der Waals surface area contributed by atoms with Crippen LogP contribution >= 0.6 is 23.2 Å². The molecule has 2 aliphatic rings. The van der Waals surface area contributed by atoms with Crippen LogP contribution in [0.3, 0.4) is 0 Å². The van der Waals surface area contributed by atoms with Gasteiger partial charge in [-0.05, 0) is 65.4 Å². The Morgan fingerprint density at radius 1 is 1.05 bits per heavy atom. The van der Waals surface area contributed by atoms with Crippen LogP contribution in [-0.2, 0) is 17.8 Å². The fraction of sp³-hybridized carbons (Fsp3) is 0.194. The van der Waals surface area contributed by atoms with Crippen LogP contribution in [0.15, 0.2) is 79.0 Å². The third kappa shape index (κ3) is 5.91. The number of carboxylic acid groups (broad SMARTS) is 1. The molecular weight excluding hydrogens is 547 g/mol. The number of fused-ring (bicyclic) bond motifs is 2. The number of benzene rings is 3. The summed E-state index contributed by atoms with van der Waals surface area (Å²) >= 11 is 12.5. The summed E-state index contributed by atoms with van der Waals surface area (Å²) in [6.45, 7) is 2.10.